The lowest BCUT2D eigenvalue weighted by molar-refractivity contribution is -0.138. The van der Waals surface area contributed by atoms with Crippen LogP contribution in [0.1, 0.15) is 37.0 Å². The third-order valence-electron chi connectivity index (χ3n) is 3.37. The van der Waals surface area contributed by atoms with E-state index in [1.165, 1.54) is 0 Å². The van der Waals surface area contributed by atoms with Gasteiger partial charge in [-0.15, -0.1) is 0 Å². The molecule has 108 valence electrons. The highest BCUT2D eigenvalue weighted by Gasteiger charge is 2.28. The Hall–Kier alpha value is -2.24. The Morgan fingerprint density at radius 1 is 1.35 bits per heavy atom. The van der Waals surface area contributed by atoms with Crippen molar-refractivity contribution in [3.8, 4) is 11.5 Å². The van der Waals surface area contributed by atoms with Gasteiger partial charge in [0.2, 0.25) is 6.79 Å². The van der Waals surface area contributed by atoms with Crippen molar-refractivity contribution in [3.63, 3.8) is 0 Å². The van der Waals surface area contributed by atoms with Gasteiger partial charge in [-0.1, -0.05) is 6.92 Å². The summed E-state index contributed by atoms with van der Waals surface area (Å²) in [5.74, 6) is -0.145. The van der Waals surface area contributed by atoms with Gasteiger partial charge in [0.15, 0.2) is 11.5 Å². The molecule has 6 heteroatoms. The van der Waals surface area contributed by atoms with Crippen LogP contribution in [0.25, 0.3) is 0 Å². The first-order valence-electron chi connectivity index (χ1n) is 6.37. The largest absolute Gasteiger partial charge is 0.481 e. The third-order valence-corrected chi connectivity index (χ3v) is 3.37. The third kappa shape index (κ3) is 3.01. The Morgan fingerprint density at radius 2 is 2.05 bits per heavy atom. The van der Waals surface area contributed by atoms with Gasteiger partial charge in [-0.05, 0) is 31.5 Å². The average Bonchev–Trinajstić information content (AvgIpc) is 2.84. The molecule has 0 fully saturated rings. The minimum atomic E-state index is -0.944. The van der Waals surface area contributed by atoms with Crippen LogP contribution in [0, 0.1) is 0 Å². The highest BCUT2D eigenvalue weighted by molar-refractivity contribution is 5.95. The van der Waals surface area contributed by atoms with Crippen LogP contribution in [0.3, 0.4) is 0 Å². The Morgan fingerprint density at radius 3 is 2.70 bits per heavy atom. The Kier molecular flexibility index (Phi) is 3.83. The van der Waals surface area contributed by atoms with Gasteiger partial charge in [-0.3, -0.25) is 9.59 Å². The van der Waals surface area contributed by atoms with E-state index >= 15 is 0 Å². The maximum Gasteiger partial charge on any atom is 0.305 e. The van der Waals surface area contributed by atoms with Gasteiger partial charge in [0.25, 0.3) is 5.91 Å². The molecule has 0 unspecified atom stereocenters. The molecule has 1 aromatic carbocycles. The van der Waals surface area contributed by atoms with Crippen molar-refractivity contribution in [2.24, 2.45) is 0 Å². The van der Waals surface area contributed by atoms with E-state index in [1.54, 1.807) is 25.1 Å². The molecule has 1 atom stereocenters. The number of fused-ring (bicyclic) bond motifs is 1. The zero-order valence-corrected chi connectivity index (χ0v) is 11.4. The fraction of sp³-hybridized carbons (Fsp3) is 0.429. The summed E-state index contributed by atoms with van der Waals surface area (Å²) in [6.07, 6.45) is 0.398. The van der Waals surface area contributed by atoms with Crippen LogP contribution in [0.4, 0.5) is 0 Å². The van der Waals surface area contributed by atoms with E-state index in [4.69, 9.17) is 14.6 Å². The summed E-state index contributed by atoms with van der Waals surface area (Å²) in [4.78, 5) is 23.1. The molecule has 0 bridgehead atoms. The number of hydrogen-bond acceptors (Lipinski definition) is 4. The number of carboxylic acids is 1. The second-order valence-electron chi connectivity index (χ2n) is 5.01. The predicted molar refractivity (Wildman–Crippen MR) is 71.0 cm³/mol. The standard InChI is InChI=1S/C14H17NO5/c1-3-14(2,7-12(16)17)15-13(18)9-4-5-10-11(6-9)20-8-19-10/h4-6H,3,7-8H2,1-2H3,(H,15,18)(H,16,17)/t14-/m0/s1. The lowest BCUT2D eigenvalue weighted by Gasteiger charge is -2.27. The number of benzene rings is 1. The van der Waals surface area contributed by atoms with Gasteiger partial charge < -0.3 is 19.9 Å². The lowest BCUT2D eigenvalue weighted by Crippen LogP contribution is -2.47. The molecular formula is C14H17NO5. The first kappa shape index (κ1) is 14.2. The predicted octanol–water partition coefficient (Wildman–Crippen LogP) is 1.79. The normalized spacial score (nSPS) is 15.5. The van der Waals surface area contributed by atoms with Gasteiger partial charge in [0, 0.05) is 11.1 Å². The zero-order chi connectivity index (χ0) is 14.8. The average molecular weight is 279 g/mol. The van der Waals surface area contributed by atoms with Crippen molar-refractivity contribution in [1.29, 1.82) is 0 Å². The number of nitrogens with one attached hydrogen (secondary N) is 1. The van der Waals surface area contributed by atoms with Crippen LogP contribution >= 0.6 is 0 Å². The molecule has 0 aliphatic carbocycles. The number of aliphatic carboxylic acids is 1. The number of rotatable bonds is 5. The number of ether oxygens (including phenoxy) is 2. The maximum absolute atomic E-state index is 12.2. The number of amides is 1. The number of carboxylic acid groups (broad SMARTS) is 1. The summed E-state index contributed by atoms with van der Waals surface area (Å²) in [7, 11) is 0. The summed E-state index contributed by atoms with van der Waals surface area (Å²) in [5.41, 5.74) is -0.362. The molecule has 0 aromatic heterocycles. The molecule has 2 N–H and O–H groups in total. The van der Waals surface area contributed by atoms with Gasteiger partial charge in [-0.25, -0.2) is 0 Å². The van der Waals surface area contributed by atoms with Crippen LogP contribution in [0.15, 0.2) is 18.2 Å². The quantitative estimate of drug-likeness (QED) is 0.858. The smallest absolute Gasteiger partial charge is 0.305 e. The minimum absolute atomic E-state index is 0.125. The van der Waals surface area contributed by atoms with Gasteiger partial charge in [-0.2, -0.15) is 0 Å². The van der Waals surface area contributed by atoms with Crippen molar-refractivity contribution in [3.05, 3.63) is 23.8 Å². The Balaban J connectivity index is 2.13. The maximum atomic E-state index is 12.2. The SMILES string of the molecule is CC[C@@](C)(CC(=O)O)NC(=O)c1ccc2c(c1)OCO2. The molecular weight excluding hydrogens is 262 g/mol. The van der Waals surface area contributed by atoms with Crippen molar-refractivity contribution in [2.75, 3.05) is 6.79 Å². The zero-order valence-electron chi connectivity index (χ0n) is 11.4. The van der Waals surface area contributed by atoms with Crippen LogP contribution < -0.4 is 14.8 Å². The van der Waals surface area contributed by atoms with E-state index in [1.807, 2.05) is 6.92 Å². The molecule has 1 heterocycles. The van der Waals surface area contributed by atoms with Crippen molar-refractivity contribution in [1.82, 2.24) is 5.32 Å². The van der Waals surface area contributed by atoms with Crippen molar-refractivity contribution in [2.45, 2.75) is 32.2 Å². The van der Waals surface area contributed by atoms with E-state index in [-0.39, 0.29) is 19.1 Å². The number of carbonyl (C=O) groups excluding carboxylic acids is 1. The molecule has 1 amide bonds. The summed E-state index contributed by atoms with van der Waals surface area (Å²) in [5, 5.41) is 11.7. The molecule has 0 spiro atoms. The molecule has 1 aliphatic heterocycles. The van der Waals surface area contributed by atoms with Crippen LogP contribution in [-0.4, -0.2) is 29.3 Å². The number of hydrogen-bond donors (Lipinski definition) is 2. The van der Waals surface area contributed by atoms with Gasteiger partial charge in [0.1, 0.15) is 0 Å². The first-order chi connectivity index (χ1) is 9.43. The molecule has 20 heavy (non-hydrogen) atoms. The first-order valence-corrected chi connectivity index (χ1v) is 6.37. The topological polar surface area (TPSA) is 84.9 Å². The van der Waals surface area contributed by atoms with Crippen molar-refractivity contribution < 1.29 is 24.2 Å². The van der Waals surface area contributed by atoms with E-state index < -0.39 is 11.5 Å². The second kappa shape index (κ2) is 5.40. The fourth-order valence-electron chi connectivity index (χ4n) is 1.98. The molecule has 0 saturated carbocycles. The van der Waals surface area contributed by atoms with E-state index in [0.717, 1.165) is 0 Å². The van der Waals surface area contributed by atoms with Gasteiger partial charge >= 0.3 is 5.97 Å². The summed E-state index contributed by atoms with van der Waals surface area (Å²) >= 11 is 0. The molecule has 6 nitrogen and oxygen atoms in total. The van der Waals surface area contributed by atoms with E-state index in [0.29, 0.717) is 23.5 Å². The van der Waals surface area contributed by atoms with Crippen molar-refractivity contribution >= 4 is 11.9 Å². The fourth-order valence-corrected chi connectivity index (χ4v) is 1.98. The number of carbonyl (C=O) groups is 2. The second-order valence-corrected chi connectivity index (χ2v) is 5.01. The molecule has 1 aromatic rings. The molecule has 0 radical (unpaired) electrons. The highest BCUT2D eigenvalue weighted by Crippen LogP contribution is 2.32. The van der Waals surface area contributed by atoms with E-state index in [2.05, 4.69) is 5.32 Å². The monoisotopic (exact) mass is 279 g/mol. The molecule has 1 aliphatic rings. The molecule has 0 saturated heterocycles. The Labute approximate surface area is 116 Å². The summed E-state index contributed by atoms with van der Waals surface area (Å²) in [6, 6.07) is 4.88. The van der Waals surface area contributed by atoms with Gasteiger partial charge in [0.05, 0.1) is 6.42 Å². The summed E-state index contributed by atoms with van der Waals surface area (Å²) < 4.78 is 10.4. The Bertz CT molecular complexity index is 542. The van der Waals surface area contributed by atoms with Crippen LogP contribution in [0.5, 0.6) is 11.5 Å². The van der Waals surface area contributed by atoms with E-state index in [9.17, 15) is 9.59 Å². The molecule has 2 rings (SSSR count). The highest BCUT2D eigenvalue weighted by atomic mass is 16.7. The summed E-state index contributed by atoms with van der Waals surface area (Å²) in [6.45, 7) is 3.70. The van der Waals surface area contributed by atoms with Crippen LogP contribution in [0.2, 0.25) is 0 Å². The minimum Gasteiger partial charge on any atom is -0.481 e. The van der Waals surface area contributed by atoms with Crippen LogP contribution in [-0.2, 0) is 4.79 Å². The lowest BCUT2D eigenvalue weighted by atomic mass is 9.94.